The Morgan fingerprint density at radius 2 is 2.12 bits per heavy atom. The number of hydrogen-bond acceptors (Lipinski definition) is 2. The molecule has 1 aliphatic heterocycles. The first kappa shape index (κ1) is 11.5. The van der Waals surface area contributed by atoms with Gasteiger partial charge in [-0.25, -0.2) is 8.78 Å². The van der Waals surface area contributed by atoms with Gasteiger partial charge in [-0.1, -0.05) is 6.07 Å². The largest absolute Gasteiger partial charge is 0.370 e. The molecule has 1 saturated heterocycles. The average molecular weight is 227 g/mol. The topological polar surface area (TPSA) is 35.2 Å². The van der Waals surface area contributed by atoms with E-state index in [1.807, 2.05) is 6.92 Å². The minimum absolute atomic E-state index is 0.0480. The maximum Gasteiger partial charge on any atom is 0.159 e. The van der Waals surface area contributed by atoms with Crippen molar-refractivity contribution in [3.8, 4) is 0 Å². The van der Waals surface area contributed by atoms with Gasteiger partial charge in [-0.2, -0.15) is 0 Å². The molecular weight excluding hydrogens is 212 g/mol. The average Bonchev–Trinajstić information content (AvgIpc) is 2.21. The van der Waals surface area contributed by atoms with Crippen molar-refractivity contribution in [1.82, 2.24) is 0 Å². The molecule has 0 radical (unpaired) electrons. The SMILES string of the molecule is CC1(c2ccc(F)c(F)c2)CC(N)CCO1. The number of benzene rings is 1. The molecule has 16 heavy (non-hydrogen) atoms. The summed E-state index contributed by atoms with van der Waals surface area (Å²) in [5, 5.41) is 0. The lowest BCUT2D eigenvalue weighted by molar-refractivity contribution is -0.0768. The van der Waals surface area contributed by atoms with Crippen molar-refractivity contribution < 1.29 is 13.5 Å². The van der Waals surface area contributed by atoms with Crippen molar-refractivity contribution in [1.29, 1.82) is 0 Å². The van der Waals surface area contributed by atoms with E-state index in [9.17, 15) is 8.78 Å². The highest BCUT2D eigenvalue weighted by Crippen LogP contribution is 2.34. The third-order valence-corrected chi connectivity index (χ3v) is 3.09. The predicted octanol–water partition coefficient (Wildman–Crippen LogP) is 2.32. The molecule has 1 aromatic carbocycles. The van der Waals surface area contributed by atoms with E-state index in [2.05, 4.69) is 0 Å². The second-order valence-corrected chi connectivity index (χ2v) is 4.46. The van der Waals surface area contributed by atoms with Crippen molar-refractivity contribution in [3.63, 3.8) is 0 Å². The first-order valence-electron chi connectivity index (χ1n) is 5.36. The zero-order valence-corrected chi connectivity index (χ0v) is 9.17. The Morgan fingerprint density at radius 1 is 1.38 bits per heavy atom. The summed E-state index contributed by atoms with van der Waals surface area (Å²) in [6.45, 7) is 2.41. The first-order valence-corrected chi connectivity index (χ1v) is 5.36. The van der Waals surface area contributed by atoms with Gasteiger partial charge in [-0.15, -0.1) is 0 Å². The van der Waals surface area contributed by atoms with Gasteiger partial charge in [0, 0.05) is 12.6 Å². The van der Waals surface area contributed by atoms with Crippen LogP contribution in [0.15, 0.2) is 18.2 Å². The molecule has 0 bridgehead atoms. The summed E-state index contributed by atoms with van der Waals surface area (Å²) in [4.78, 5) is 0. The molecule has 0 amide bonds. The summed E-state index contributed by atoms with van der Waals surface area (Å²) in [6.07, 6.45) is 1.43. The van der Waals surface area contributed by atoms with Gasteiger partial charge >= 0.3 is 0 Å². The van der Waals surface area contributed by atoms with Crippen LogP contribution in [0.4, 0.5) is 8.78 Å². The van der Waals surface area contributed by atoms with Crippen LogP contribution in [-0.4, -0.2) is 12.6 Å². The molecule has 1 aliphatic rings. The van der Waals surface area contributed by atoms with Crippen molar-refractivity contribution in [2.45, 2.75) is 31.4 Å². The Kier molecular flexibility index (Phi) is 2.95. The Bertz CT molecular complexity index is 397. The third-order valence-electron chi connectivity index (χ3n) is 3.09. The zero-order valence-electron chi connectivity index (χ0n) is 9.17. The fourth-order valence-corrected chi connectivity index (χ4v) is 2.12. The molecule has 2 rings (SSSR count). The molecule has 1 aromatic rings. The minimum atomic E-state index is -0.846. The Morgan fingerprint density at radius 3 is 2.75 bits per heavy atom. The molecule has 0 saturated carbocycles. The molecule has 2 nitrogen and oxygen atoms in total. The summed E-state index contributed by atoms with van der Waals surface area (Å²) in [6, 6.07) is 3.91. The summed E-state index contributed by atoms with van der Waals surface area (Å²) < 4.78 is 31.6. The van der Waals surface area contributed by atoms with Crippen molar-refractivity contribution >= 4 is 0 Å². The molecular formula is C12H15F2NO. The van der Waals surface area contributed by atoms with E-state index in [4.69, 9.17) is 10.5 Å². The van der Waals surface area contributed by atoms with Gasteiger partial charge in [0.1, 0.15) is 0 Å². The maximum absolute atomic E-state index is 13.1. The monoisotopic (exact) mass is 227 g/mol. The smallest absolute Gasteiger partial charge is 0.159 e. The van der Waals surface area contributed by atoms with Crippen molar-refractivity contribution in [3.05, 3.63) is 35.4 Å². The lowest BCUT2D eigenvalue weighted by Crippen LogP contribution is -2.41. The van der Waals surface area contributed by atoms with Crippen LogP contribution >= 0.6 is 0 Å². The van der Waals surface area contributed by atoms with Gasteiger partial charge in [-0.3, -0.25) is 0 Å². The van der Waals surface area contributed by atoms with Gasteiger partial charge in [0.05, 0.1) is 5.60 Å². The van der Waals surface area contributed by atoms with E-state index < -0.39 is 17.2 Å². The molecule has 4 heteroatoms. The van der Waals surface area contributed by atoms with Gasteiger partial charge < -0.3 is 10.5 Å². The lowest BCUT2D eigenvalue weighted by Gasteiger charge is -2.37. The van der Waals surface area contributed by atoms with Crippen LogP contribution in [0, 0.1) is 11.6 Å². The highest BCUT2D eigenvalue weighted by Gasteiger charge is 2.33. The molecule has 1 fully saturated rings. The van der Waals surface area contributed by atoms with Gasteiger partial charge in [0.15, 0.2) is 11.6 Å². The van der Waals surface area contributed by atoms with Crippen LogP contribution < -0.4 is 5.73 Å². The molecule has 1 heterocycles. The van der Waals surface area contributed by atoms with Crippen LogP contribution in [0.25, 0.3) is 0 Å². The summed E-state index contributed by atoms with van der Waals surface area (Å²) in [7, 11) is 0. The highest BCUT2D eigenvalue weighted by molar-refractivity contribution is 5.24. The van der Waals surface area contributed by atoms with Crippen molar-refractivity contribution in [2.75, 3.05) is 6.61 Å². The van der Waals surface area contributed by atoms with E-state index in [1.165, 1.54) is 6.07 Å². The predicted molar refractivity (Wildman–Crippen MR) is 56.9 cm³/mol. The van der Waals surface area contributed by atoms with Crippen LogP contribution in [0.3, 0.4) is 0 Å². The lowest BCUT2D eigenvalue weighted by atomic mass is 9.86. The van der Waals surface area contributed by atoms with E-state index >= 15 is 0 Å². The molecule has 0 aromatic heterocycles. The Hall–Kier alpha value is -1.00. The second kappa shape index (κ2) is 4.11. The number of hydrogen-bond donors (Lipinski definition) is 1. The second-order valence-electron chi connectivity index (χ2n) is 4.46. The van der Waals surface area contributed by atoms with E-state index in [0.29, 0.717) is 18.6 Å². The van der Waals surface area contributed by atoms with E-state index in [1.54, 1.807) is 6.07 Å². The molecule has 2 unspecified atom stereocenters. The number of halogens is 2. The highest BCUT2D eigenvalue weighted by atomic mass is 19.2. The zero-order chi connectivity index (χ0) is 11.8. The normalized spacial score (nSPS) is 30.4. The van der Waals surface area contributed by atoms with Crippen LogP contribution in [0.5, 0.6) is 0 Å². The molecule has 2 atom stereocenters. The molecule has 88 valence electrons. The Labute approximate surface area is 93.4 Å². The number of rotatable bonds is 1. The number of nitrogens with two attached hydrogens (primary N) is 1. The van der Waals surface area contributed by atoms with Crippen LogP contribution in [0.2, 0.25) is 0 Å². The molecule has 0 aliphatic carbocycles. The Balaban J connectivity index is 2.31. The molecule has 0 spiro atoms. The van der Waals surface area contributed by atoms with Gasteiger partial charge in [-0.05, 0) is 37.5 Å². The summed E-state index contributed by atoms with van der Waals surface area (Å²) in [5.41, 5.74) is 5.90. The fourth-order valence-electron chi connectivity index (χ4n) is 2.12. The molecule has 2 N–H and O–H groups in total. The summed E-state index contributed by atoms with van der Waals surface area (Å²) >= 11 is 0. The van der Waals surface area contributed by atoms with E-state index in [-0.39, 0.29) is 6.04 Å². The minimum Gasteiger partial charge on any atom is -0.370 e. The summed E-state index contributed by atoms with van der Waals surface area (Å²) in [5.74, 6) is -1.69. The van der Waals surface area contributed by atoms with Crippen molar-refractivity contribution in [2.24, 2.45) is 5.73 Å². The quantitative estimate of drug-likeness (QED) is 0.799. The standard InChI is InChI=1S/C12H15F2NO/c1-12(7-9(15)4-5-16-12)8-2-3-10(13)11(14)6-8/h2-3,6,9H,4-5,7,15H2,1H3. The van der Waals surface area contributed by atoms with Crippen LogP contribution in [0.1, 0.15) is 25.3 Å². The third kappa shape index (κ3) is 2.08. The van der Waals surface area contributed by atoms with Crippen LogP contribution in [-0.2, 0) is 10.3 Å². The van der Waals surface area contributed by atoms with Gasteiger partial charge in [0.25, 0.3) is 0 Å². The van der Waals surface area contributed by atoms with E-state index in [0.717, 1.165) is 12.5 Å². The fraction of sp³-hybridized carbons (Fsp3) is 0.500. The van der Waals surface area contributed by atoms with Gasteiger partial charge in [0.2, 0.25) is 0 Å². The first-order chi connectivity index (χ1) is 7.51. The maximum atomic E-state index is 13.1. The number of ether oxygens (including phenoxy) is 1.